The molecule has 2 rings (SSSR count). The summed E-state index contributed by atoms with van der Waals surface area (Å²) in [6, 6.07) is 12.6. The number of aryl methyl sites for hydroxylation is 1. The summed E-state index contributed by atoms with van der Waals surface area (Å²) in [5, 5.41) is 8.58. The van der Waals surface area contributed by atoms with E-state index in [9.17, 15) is 4.79 Å². The highest BCUT2D eigenvalue weighted by molar-refractivity contribution is 6.08. The maximum atomic E-state index is 12.4. The number of hydrogen-bond donors (Lipinski definition) is 0. The van der Waals surface area contributed by atoms with Crippen molar-refractivity contribution < 1.29 is 19.0 Å². The fourth-order valence-corrected chi connectivity index (χ4v) is 2.28. The molecule has 0 saturated carbocycles. The van der Waals surface area contributed by atoms with E-state index in [0.29, 0.717) is 22.8 Å². The molecule has 0 spiro atoms. The average Bonchev–Trinajstić information content (AvgIpc) is 2.64. The number of benzene rings is 2. The minimum Gasteiger partial charge on any atom is -0.496 e. The topological polar surface area (TPSA) is 68.6 Å². The lowest BCUT2D eigenvalue weighted by atomic mass is 10.1. The van der Waals surface area contributed by atoms with Gasteiger partial charge >= 0.3 is 0 Å². The Morgan fingerprint density at radius 3 is 2.52 bits per heavy atom. The Kier molecular flexibility index (Phi) is 6.19. The summed E-state index contributed by atoms with van der Waals surface area (Å²) >= 11 is 0. The molecule has 128 valence electrons. The first-order chi connectivity index (χ1) is 12.1. The molecule has 0 N–H and O–H groups in total. The summed E-state index contributed by atoms with van der Waals surface area (Å²) < 4.78 is 15.8. The third-order valence-electron chi connectivity index (χ3n) is 3.53. The van der Waals surface area contributed by atoms with E-state index in [1.807, 2.05) is 25.1 Å². The van der Waals surface area contributed by atoms with Crippen molar-refractivity contribution in [3.8, 4) is 23.3 Å². The molecule has 0 unspecified atom stereocenters. The molecule has 0 radical (unpaired) electrons. The maximum absolute atomic E-state index is 12.4. The van der Waals surface area contributed by atoms with Crippen LogP contribution in [0.2, 0.25) is 0 Å². The third-order valence-corrected chi connectivity index (χ3v) is 3.53. The molecular weight excluding hydrogens is 318 g/mol. The van der Waals surface area contributed by atoms with Gasteiger partial charge in [-0.1, -0.05) is 18.2 Å². The molecule has 5 nitrogen and oxygen atoms in total. The van der Waals surface area contributed by atoms with Crippen LogP contribution in [-0.2, 0) is 0 Å². The Balaban J connectivity index is 2.21. The number of carbonyl (C=O) groups is 1. The number of methoxy groups -OCH3 is 2. The van der Waals surface area contributed by atoms with Gasteiger partial charge in [-0.3, -0.25) is 4.79 Å². The molecule has 2 aromatic rings. The Bertz CT molecular complexity index is 834. The van der Waals surface area contributed by atoms with Crippen molar-refractivity contribution >= 4 is 11.9 Å². The van der Waals surface area contributed by atoms with Gasteiger partial charge in [0.2, 0.25) is 0 Å². The van der Waals surface area contributed by atoms with E-state index >= 15 is 0 Å². The van der Waals surface area contributed by atoms with E-state index in [2.05, 4.69) is 0 Å². The fourth-order valence-electron chi connectivity index (χ4n) is 2.28. The maximum Gasteiger partial charge on any atom is 0.189 e. The second-order valence-corrected chi connectivity index (χ2v) is 5.26. The van der Waals surface area contributed by atoms with Gasteiger partial charge in [-0.2, -0.15) is 5.26 Å². The van der Waals surface area contributed by atoms with E-state index in [-0.39, 0.29) is 12.4 Å². The molecule has 0 aliphatic heterocycles. The molecule has 0 heterocycles. The molecule has 2 aromatic carbocycles. The lowest BCUT2D eigenvalue weighted by molar-refractivity contribution is 0.104. The summed E-state index contributed by atoms with van der Waals surface area (Å²) in [6.07, 6.45) is 3.18. The van der Waals surface area contributed by atoms with Gasteiger partial charge in [-0.15, -0.1) is 0 Å². The largest absolute Gasteiger partial charge is 0.496 e. The van der Waals surface area contributed by atoms with Crippen LogP contribution in [0.1, 0.15) is 21.5 Å². The molecule has 25 heavy (non-hydrogen) atoms. The summed E-state index contributed by atoms with van der Waals surface area (Å²) in [5.74, 6) is 1.37. The van der Waals surface area contributed by atoms with Crippen molar-refractivity contribution in [2.45, 2.75) is 6.92 Å². The lowest BCUT2D eigenvalue weighted by Gasteiger charge is -2.09. The SMILES string of the molecule is COc1cc(/C=C/C(=O)c2ccc(C)cc2OC)ccc1OCC#N. The van der Waals surface area contributed by atoms with Crippen molar-refractivity contribution in [2.75, 3.05) is 20.8 Å². The first kappa shape index (κ1) is 18.1. The zero-order chi connectivity index (χ0) is 18.2. The number of ketones is 1. The quantitative estimate of drug-likeness (QED) is 0.567. The van der Waals surface area contributed by atoms with Crippen LogP contribution in [0, 0.1) is 18.3 Å². The van der Waals surface area contributed by atoms with Crippen molar-refractivity contribution in [3.05, 3.63) is 59.2 Å². The van der Waals surface area contributed by atoms with Crippen LogP contribution in [0.4, 0.5) is 0 Å². The highest BCUT2D eigenvalue weighted by Crippen LogP contribution is 2.28. The molecule has 0 amide bonds. The van der Waals surface area contributed by atoms with Gasteiger partial charge in [-0.05, 0) is 48.4 Å². The number of hydrogen-bond acceptors (Lipinski definition) is 5. The zero-order valence-corrected chi connectivity index (χ0v) is 14.4. The van der Waals surface area contributed by atoms with Crippen LogP contribution in [0.25, 0.3) is 6.08 Å². The van der Waals surface area contributed by atoms with E-state index < -0.39 is 0 Å². The van der Waals surface area contributed by atoms with Crippen molar-refractivity contribution in [2.24, 2.45) is 0 Å². The van der Waals surface area contributed by atoms with Crippen molar-refractivity contribution in [1.29, 1.82) is 5.26 Å². The Hall–Kier alpha value is -3.26. The zero-order valence-electron chi connectivity index (χ0n) is 14.4. The predicted octanol–water partition coefficient (Wildman–Crippen LogP) is 3.81. The number of nitrogens with zero attached hydrogens (tertiary/aromatic N) is 1. The predicted molar refractivity (Wildman–Crippen MR) is 95.2 cm³/mol. The van der Waals surface area contributed by atoms with Crippen molar-refractivity contribution in [1.82, 2.24) is 0 Å². The Morgan fingerprint density at radius 1 is 1.08 bits per heavy atom. The summed E-state index contributed by atoms with van der Waals surface area (Å²) in [7, 11) is 3.06. The number of allylic oxidation sites excluding steroid dienone is 1. The second kappa shape index (κ2) is 8.55. The van der Waals surface area contributed by atoms with Crippen LogP contribution in [0.15, 0.2) is 42.5 Å². The van der Waals surface area contributed by atoms with E-state index in [1.165, 1.54) is 13.2 Å². The van der Waals surface area contributed by atoms with Gasteiger partial charge in [0, 0.05) is 0 Å². The summed E-state index contributed by atoms with van der Waals surface area (Å²) in [4.78, 5) is 12.4. The molecule has 0 saturated heterocycles. The normalized spacial score (nSPS) is 10.3. The average molecular weight is 337 g/mol. The standard InChI is InChI=1S/C20H19NO4/c1-14-4-7-16(19(12-14)23-2)17(22)8-5-15-6-9-18(25-11-10-21)20(13-15)24-3/h4-9,12-13H,11H2,1-3H3/b8-5+. The van der Waals surface area contributed by atoms with E-state index in [4.69, 9.17) is 19.5 Å². The van der Waals surface area contributed by atoms with E-state index in [0.717, 1.165) is 11.1 Å². The number of rotatable bonds is 7. The molecule has 0 aliphatic carbocycles. The van der Waals surface area contributed by atoms with Gasteiger partial charge in [0.05, 0.1) is 19.8 Å². The van der Waals surface area contributed by atoms with Gasteiger partial charge in [0.1, 0.15) is 11.8 Å². The van der Waals surface area contributed by atoms with Gasteiger partial charge in [-0.25, -0.2) is 0 Å². The number of nitriles is 1. The van der Waals surface area contributed by atoms with Gasteiger partial charge in [0.25, 0.3) is 0 Å². The van der Waals surface area contributed by atoms with Crippen LogP contribution >= 0.6 is 0 Å². The van der Waals surface area contributed by atoms with E-state index in [1.54, 1.807) is 37.5 Å². The first-order valence-electron chi connectivity index (χ1n) is 7.64. The molecular formula is C20H19NO4. The molecule has 5 heteroatoms. The Morgan fingerprint density at radius 2 is 1.84 bits per heavy atom. The molecule has 0 fully saturated rings. The monoisotopic (exact) mass is 337 g/mol. The fraction of sp³-hybridized carbons (Fsp3) is 0.200. The van der Waals surface area contributed by atoms with Gasteiger partial charge < -0.3 is 14.2 Å². The smallest absolute Gasteiger partial charge is 0.189 e. The molecule has 0 aromatic heterocycles. The molecule has 0 aliphatic rings. The number of ether oxygens (including phenoxy) is 3. The lowest BCUT2D eigenvalue weighted by Crippen LogP contribution is -1.99. The third kappa shape index (κ3) is 4.61. The number of carbonyl (C=O) groups excluding carboxylic acids is 1. The van der Waals surface area contributed by atoms with Gasteiger partial charge in [0.15, 0.2) is 23.9 Å². The highest BCUT2D eigenvalue weighted by atomic mass is 16.5. The van der Waals surface area contributed by atoms with Crippen LogP contribution < -0.4 is 14.2 Å². The second-order valence-electron chi connectivity index (χ2n) is 5.26. The molecule has 0 bridgehead atoms. The Labute approximate surface area is 147 Å². The summed E-state index contributed by atoms with van der Waals surface area (Å²) in [5.41, 5.74) is 2.31. The minimum atomic E-state index is -0.152. The first-order valence-corrected chi connectivity index (χ1v) is 7.64. The summed E-state index contributed by atoms with van der Waals surface area (Å²) in [6.45, 7) is 1.88. The highest BCUT2D eigenvalue weighted by Gasteiger charge is 2.10. The van der Waals surface area contributed by atoms with Crippen LogP contribution in [-0.4, -0.2) is 26.6 Å². The van der Waals surface area contributed by atoms with Crippen molar-refractivity contribution in [3.63, 3.8) is 0 Å². The van der Waals surface area contributed by atoms with Crippen LogP contribution in [0.5, 0.6) is 17.2 Å². The molecule has 0 atom stereocenters. The van der Waals surface area contributed by atoms with Crippen LogP contribution in [0.3, 0.4) is 0 Å². The minimum absolute atomic E-state index is 0.0583.